The van der Waals surface area contributed by atoms with Crippen molar-refractivity contribution < 1.29 is 0 Å². The standard InChI is InChI=1S/C16H34N2/c1-12-8-13(2)10-16(9-12,11-17)18(7)14(3)15(4,5)6/h12-14H,8-11,17H2,1-7H3. The molecule has 3 atom stereocenters. The van der Waals surface area contributed by atoms with Gasteiger partial charge in [0.25, 0.3) is 0 Å². The van der Waals surface area contributed by atoms with Crippen molar-refractivity contribution in [3.63, 3.8) is 0 Å². The average Bonchev–Trinajstić information content (AvgIpc) is 2.24. The molecule has 3 unspecified atom stereocenters. The fourth-order valence-corrected chi connectivity index (χ4v) is 3.82. The van der Waals surface area contributed by atoms with Gasteiger partial charge in [-0.2, -0.15) is 0 Å². The molecule has 1 aliphatic rings. The molecule has 0 aromatic carbocycles. The van der Waals surface area contributed by atoms with Crippen LogP contribution in [0.3, 0.4) is 0 Å². The van der Waals surface area contributed by atoms with Crippen molar-refractivity contribution in [1.29, 1.82) is 0 Å². The second-order valence-electron chi connectivity index (χ2n) is 7.94. The summed E-state index contributed by atoms with van der Waals surface area (Å²) in [6, 6.07) is 0.554. The topological polar surface area (TPSA) is 29.3 Å². The van der Waals surface area contributed by atoms with Gasteiger partial charge in [0, 0.05) is 18.1 Å². The molecule has 0 aliphatic heterocycles. The molecule has 2 nitrogen and oxygen atoms in total. The van der Waals surface area contributed by atoms with Gasteiger partial charge in [-0.05, 0) is 50.5 Å². The SMILES string of the molecule is CC1CC(C)CC(CN)(N(C)C(C)C(C)(C)C)C1. The van der Waals surface area contributed by atoms with Crippen LogP contribution in [0.4, 0.5) is 0 Å². The van der Waals surface area contributed by atoms with Gasteiger partial charge in [-0.25, -0.2) is 0 Å². The van der Waals surface area contributed by atoms with Crippen LogP contribution in [-0.4, -0.2) is 30.1 Å². The van der Waals surface area contributed by atoms with E-state index in [2.05, 4.69) is 53.5 Å². The molecule has 18 heavy (non-hydrogen) atoms. The molecule has 2 heteroatoms. The third-order valence-electron chi connectivity index (χ3n) is 5.22. The van der Waals surface area contributed by atoms with Gasteiger partial charge >= 0.3 is 0 Å². The lowest BCUT2D eigenvalue weighted by Crippen LogP contribution is -2.60. The summed E-state index contributed by atoms with van der Waals surface area (Å²) in [6.07, 6.45) is 3.87. The molecule has 2 N–H and O–H groups in total. The van der Waals surface area contributed by atoms with E-state index >= 15 is 0 Å². The van der Waals surface area contributed by atoms with E-state index in [1.807, 2.05) is 0 Å². The molecule has 0 aromatic rings. The minimum atomic E-state index is 0.212. The minimum absolute atomic E-state index is 0.212. The Bertz CT molecular complexity index is 257. The van der Waals surface area contributed by atoms with Gasteiger partial charge in [-0.3, -0.25) is 4.90 Å². The van der Waals surface area contributed by atoms with Gasteiger partial charge in [0.15, 0.2) is 0 Å². The predicted molar refractivity (Wildman–Crippen MR) is 80.6 cm³/mol. The molecular weight excluding hydrogens is 220 g/mol. The molecule has 1 fully saturated rings. The number of hydrogen-bond acceptors (Lipinski definition) is 2. The van der Waals surface area contributed by atoms with Crippen LogP contribution in [0.25, 0.3) is 0 Å². The first-order valence-corrected chi connectivity index (χ1v) is 7.55. The van der Waals surface area contributed by atoms with Crippen LogP contribution in [0, 0.1) is 17.3 Å². The molecule has 1 rings (SSSR count). The highest BCUT2D eigenvalue weighted by Crippen LogP contribution is 2.41. The number of nitrogens with two attached hydrogens (primary N) is 1. The summed E-state index contributed by atoms with van der Waals surface area (Å²) in [5, 5.41) is 0. The third-order valence-corrected chi connectivity index (χ3v) is 5.22. The Morgan fingerprint density at radius 3 is 2.00 bits per heavy atom. The maximum absolute atomic E-state index is 6.20. The molecule has 0 spiro atoms. The number of nitrogens with zero attached hydrogens (tertiary/aromatic N) is 1. The monoisotopic (exact) mass is 254 g/mol. The molecule has 0 saturated heterocycles. The molecule has 0 aromatic heterocycles. The van der Waals surface area contributed by atoms with Crippen LogP contribution in [-0.2, 0) is 0 Å². The van der Waals surface area contributed by atoms with Crippen LogP contribution in [0.15, 0.2) is 0 Å². The lowest BCUT2D eigenvalue weighted by molar-refractivity contribution is -0.0179. The van der Waals surface area contributed by atoms with Crippen molar-refractivity contribution in [2.45, 2.75) is 72.4 Å². The van der Waals surface area contributed by atoms with Gasteiger partial charge in [-0.1, -0.05) is 34.6 Å². The maximum Gasteiger partial charge on any atom is 0.0336 e. The van der Waals surface area contributed by atoms with Crippen LogP contribution in [0.1, 0.15) is 60.8 Å². The highest BCUT2D eigenvalue weighted by Gasteiger charge is 2.43. The van der Waals surface area contributed by atoms with Crippen LogP contribution in [0.2, 0.25) is 0 Å². The molecule has 0 bridgehead atoms. The molecule has 0 radical (unpaired) electrons. The summed E-state index contributed by atoms with van der Waals surface area (Å²) in [6.45, 7) is 14.9. The van der Waals surface area contributed by atoms with Crippen molar-refractivity contribution >= 4 is 0 Å². The summed E-state index contributed by atoms with van der Waals surface area (Å²) >= 11 is 0. The Hall–Kier alpha value is -0.0800. The number of likely N-dealkylation sites (N-methyl/N-ethyl adjacent to an activating group) is 1. The summed E-state index contributed by atoms with van der Waals surface area (Å²) in [5.74, 6) is 1.60. The molecule has 0 amide bonds. The average molecular weight is 254 g/mol. The van der Waals surface area contributed by atoms with E-state index in [0.29, 0.717) is 11.5 Å². The van der Waals surface area contributed by atoms with E-state index < -0.39 is 0 Å². The maximum atomic E-state index is 6.20. The highest BCUT2D eigenvalue weighted by molar-refractivity contribution is 4.99. The summed E-state index contributed by atoms with van der Waals surface area (Å²) in [5.41, 5.74) is 6.72. The van der Waals surface area contributed by atoms with E-state index in [1.54, 1.807) is 0 Å². The summed E-state index contributed by atoms with van der Waals surface area (Å²) in [4.78, 5) is 2.58. The zero-order valence-corrected chi connectivity index (χ0v) is 13.6. The van der Waals surface area contributed by atoms with Crippen molar-refractivity contribution in [3.8, 4) is 0 Å². The van der Waals surface area contributed by atoms with E-state index in [1.165, 1.54) is 19.3 Å². The lowest BCUT2D eigenvalue weighted by atomic mass is 9.69. The second-order valence-corrected chi connectivity index (χ2v) is 7.94. The fourth-order valence-electron chi connectivity index (χ4n) is 3.82. The highest BCUT2D eigenvalue weighted by atomic mass is 15.2. The van der Waals surface area contributed by atoms with Gasteiger partial charge < -0.3 is 5.73 Å². The molecule has 108 valence electrons. The molecule has 1 saturated carbocycles. The largest absolute Gasteiger partial charge is 0.329 e. The van der Waals surface area contributed by atoms with Crippen molar-refractivity contribution in [1.82, 2.24) is 4.90 Å². The Balaban J connectivity index is 2.93. The van der Waals surface area contributed by atoms with Gasteiger partial charge in [0.2, 0.25) is 0 Å². The van der Waals surface area contributed by atoms with Crippen LogP contribution in [0.5, 0.6) is 0 Å². The van der Waals surface area contributed by atoms with Crippen LogP contribution >= 0.6 is 0 Å². The van der Waals surface area contributed by atoms with Crippen LogP contribution < -0.4 is 5.73 Å². The molecular formula is C16H34N2. The smallest absolute Gasteiger partial charge is 0.0336 e. The number of rotatable bonds is 3. The summed E-state index contributed by atoms with van der Waals surface area (Å²) < 4.78 is 0. The first-order chi connectivity index (χ1) is 8.12. The Morgan fingerprint density at radius 1 is 1.22 bits per heavy atom. The molecule has 0 heterocycles. The van der Waals surface area contributed by atoms with Gasteiger partial charge in [-0.15, -0.1) is 0 Å². The zero-order chi connectivity index (χ0) is 14.1. The van der Waals surface area contributed by atoms with E-state index in [9.17, 15) is 0 Å². The third kappa shape index (κ3) is 3.27. The van der Waals surface area contributed by atoms with Crippen molar-refractivity contribution in [2.24, 2.45) is 23.0 Å². The lowest BCUT2D eigenvalue weighted by Gasteiger charge is -2.53. The van der Waals surface area contributed by atoms with Crippen molar-refractivity contribution in [3.05, 3.63) is 0 Å². The van der Waals surface area contributed by atoms with Gasteiger partial charge in [0.05, 0.1) is 0 Å². The normalized spacial score (nSPS) is 35.8. The summed E-state index contributed by atoms with van der Waals surface area (Å²) in [7, 11) is 2.29. The molecule has 1 aliphatic carbocycles. The fraction of sp³-hybridized carbons (Fsp3) is 1.00. The van der Waals surface area contributed by atoms with Gasteiger partial charge in [0.1, 0.15) is 0 Å². The number of hydrogen-bond donors (Lipinski definition) is 1. The van der Waals surface area contributed by atoms with E-state index in [0.717, 1.165) is 18.4 Å². The van der Waals surface area contributed by atoms with Crippen molar-refractivity contribution in [2.75, 3.05) is 13.6 Å². The Labute approximate surface area is 114 Å². The quantitative estimate of drug-likeness (QED) is 0.835. The Morgan fingerprint density at radius 2 is 1.67 bits per heavy atom. The minimum Gasteiger partial charge on any atom is -0.329 e. The first kappa shape index (κ1) is 16.0. The Kier molecular flexibility index (Phi) is 4.88. The van der Waals surface area contributed by atoms with E-state index in [4.69, 9.17) is 5.73 Å². The second kappa shape index (κ2) is 5.50. The zero-order valence-electron chi connectivity index (χ0n) is 13.6. The predicted octanol–water partition coefficient (Wildman–Crippen LogP) is 3.51. The first-order valence-electron chi connectivity index (χ1n) is 7.55. The van der Waals surface area contributed by atoms with E-state index in [-0.39, 0.29) is 5.54 Å².